The number of anilines is 1. The average Bonchev–Trinajstić information content (AvgIpc) is 2.69. The van der Waals surface area contributed by atoms with Crippen LogP contribution >= 0.6 is 11.8 Å². The van der Waals surface area contributed by atoms with Gasteiger partial charge in [0.1, 0.15) is 17.1 Å². The zero-order valence-corrected chi connectivity index (χ0v) is 22.6. The summed E-state index contributed by atoms with van der Waals surface area (Å²) in [6.45, 7) is 17.2. The lowest BCUT2D eigenvalue weighted by Gasteiger charge is -2.32. The highest BCUT2D eigenvalue weighted by Crippen LogP contribution is 2.42. The van der Waals surface area contributed by atoms with E-state index >= 15 is 0 Å². The molecular formula is C28H39NO4S. The van der Waals surface area contributed by atoms with Crippen LogP contribution in [0.5, 0.6) is 11.5 Å². The molecule has 0 radical (unpaired) electrons. The zero-order valence-electron chi connectivity index (χ0n) is 21.8. The van der Waals surface area contributed by atoms with Crippen molar-refractivity contribution in [3.63, 3.8) is 0 Å². The van der Waals surface area contributed by atoms with Gasteiger partial charge in [0.2, 0.25) is 0 Å². The molecule has 1 heterocycles. The number of thioether (sulfide) groups is 1. The lowest BCUT2D eigenvalue weighted by molar-refractivity contribution is 0.0418. The molecule has 1 aliphatic rings. The maximum absolute atomic E-state index is 11.7. The van der Waals surface area contributed by atoms with Crippen molar-refractivity contribution in [3.8, 4) is 11.5 Å². The molecule has 0 saturated heterocycles. The third kappa shape index (κ3) is 6.21. The number of benzene rings is 2. The minimum Gasteiger partial charge on any atom is -0.507 e. The van der Waals surface area contributed by atoms with Gasteiger partial charge < -0.3 is 14.6 Å². The summed E-state index contributed by atoms with van der Waals surface area (Å²) in [5.41, 5.74) is 2.76. The van der Waals surface area contributed by atoms with Crippen LogP contribution in [0.2, 0.25) is 0 Å². The van der Waals surface area contributed by atoms with E-state index in [9.17, 15) is 9.90 Å². The second-order valence-corrected chi connectivity index (χ2v) is 12.7. The molecule has 0 spiro atoms. The second kappa shape index (κ2) is 9.73. The van der Waals surface area contributed by atoms with E-state index in [1.54, 1.807) is 0 Å². The van der Waals surface area contributed by atoms with E-state index in [1.165, 1.54) is 4.90 Å². The Morgan fingerprint density at radius 2 is 1.62 bits per heavy atom. The SMILES string of the molecule is CC(C)(C)c1cc(SCCCCOc2ccc3c(c2)C(C)(C)OC(=O)N3)cc(C(C)(C)C)c1O. The van der Waals surface area contributed by atoms with E-state index in [1.807, 2.05) is 43.8 Å². The largest absolute Gasteiger partial charge is 0.507 e. The molecule has 3 rings (SSSR count). The fourth-order valence-electron chi connectivity index (χ4n) is 4.06. The van der Waals surface area contributed by atoms with Crippen molar-refractivity contribution >= 4 is 23.5 Å². The lowest BCUT2D eigenvalue weighted by Crippen LogP contribution is -2.34. The van der Waals surface area contributed by atoms with E-state index < -0.39 is 11.7 Å². The number of nitrogens with one attached hydrogen (secondary N) is 1. The Labute approximate surface area is 208 Å². The van der Waals surface area contributed by atoms with Crippen LogP contribution < -0.4 is 10.1 Å². The monoisotopic (exact) mass is 485 g/mol. The summed E-state index contributed by atoms with van der Waals surface area (Å²) in [6, 6.07) is 9.98. The molecule has 2 aromatic rings. The molecule has 2 aromatic carbocycles. The average molecular weight is 486 g/mol. The number of hydrogen-bond donors (Lipinski definition) is 2. The third-order valence-electron chi connectivity index (χ3n) is 6.00. The van der Waals surface area contributed by atoms with Crippen molar-refractivity contribution in [1.29, 1.82) is 0 Å². The fraction of sp³-hybridized carbons (Fsp3) is 0.536. The van der Waals surface area contributed by atoms with Gasteiger partial charge in [0.15, 0.2) is 0 Å². The van der Waals surface area contributed by atoms with Crippen LogP contribution in [0, 0.1) is 0 Å². The number of fused-ring (bicyclic) bond motifs is 1. The molecule has 2 N–H and O–H groups in total. The summed E-state index contributed by atoms with van der Waals surface area (Å²) in [5, 5.41) is 13.6. The first-order chi connectivity index (χ1) is 15.7. The number of phenols is 1. The first-order valence-electron chi connectivity index (χ1n) is 12.0. The van der Waals surface area contributed by atoms with Crippen LogP contribution in [0.3, 0.4) is 0 Å². The number of amides is 1. The van der Waals surface area contributed by atoms with Crippen molar-refractivity contribution in [1.82, 2.24) is 0 Å². The lowest BCUT2D eigenvalue weighted by atomic mass is 9.79. The van der Waals surface area contributed by atoms with E-state index in [2.05, 4.69) is 59.0 Å². The van der Waals surface area contributed by atoms with Crippen LogP contribution in [-0.2, 0) is 21.2 Å². The van der Waals surface area contributed by atoms with E-state index in [4.69, 9.17) is 9.47 Å². The van der Waals surface area contributed by atoms with Gasteiger partial charge in [-0.05, 0) is 73.6 Å². The van der Waals surface area contributed by atoms with Gasteiger partial charge in [-0.15, -0.1) is 11.8 Å². The summed E-state index contributed by atoms with van der Waals surface area (Å²) in [7, 11) is 0. The van der Waals surface area contributed by atoms with Gasteiger partial charge in [-0.1, -0.05) is 41.5 Å². The summed E-state index contributed by atoms with van der Waals surface area (Å²) in [4.78, 5) is 12.9. The van der Waals surface area contributed by atoms with E-state index in [-0.39, 0.29) is 10.8 Å². The Morgan fingerprint density at radius 1 is 1.00 bits per heavy atom. The van der Waals surface area contributed by atoms with Gasteiger partial charge in [-0.3, -0.25) is 5.32 Å². The second-order valence-electron chi connectivity index (χ2n) is 11.5. The molecule has 0 fully saturated rings. The maximum Gasteiger partial charge on any atom is 0.412 e. The molecule has 5 nitrogen and oxygen atoms in total. The van der Waals surface area contributed by atoms with Crippen molar-refractivity contribution in [3.05, 3.63) is 47.0 Å². The number of carbonyl (C=O) groups is 1. The number of phenolic OH excluding ortho intramolecular Hbond substituents is 1. The predicted octanol–water partition coefficient (Wildman–Crippen LogP) is 7.74. The Balaban J connectivity index is 1.55. The first kappa shape index (κ1) is 26.3. The van der Waals surface area contributed by atoms with Crippen molar-refractivity contribution in [2.75, 3.05) is 17.7 Å². The molecule has 1 aliphatic heterocycles. The summed E-state index contributed by atoms with van der Waals surface area (Å²) < 4.78 is 11.4. The highest BCUT2D eigenvalue weighted by atomic mass is 32.2. The van der Waals surface area contributed by atoms with Crippen LogP contribution in [0.1, 0.15) is 84.9 Å². The highest BCUT2D eigenvalue weighted by Gasteiger charge is 2.33. The number of ether oxygens (including phenoxy) is 2. The number of aromatic hydroxyl groups is 1. The normalized spacial score (nSPS) is 15.4. The van der Waals surface area contributed by atoms with Gasteiger partial charge >= 0.3 is 6.09 Å². The van der Waals surface area contributed by atoms with Gasteiger partial charge in [0.25, 0.3) is 0 Å². The molecule has 0 bridgehead atoms. The number of rotatable bonds is 7. The van der Waals surface area contributed by atoms with Crippen LogP contribution in [-0.4, -0.2) is 23.6 Å². The first-order valence-corrected chi connectivity index (χ1v) is 12.9. The van der Waals surface area contributed by atoms with Gasteiger partial charge in [0.05, 0.1) is 12.3 Å². The Bertz CT molecular complexity index is 1010. The Morgan fingerprint density at radius 3 is 2.21 bits per heavy atom. The zero-order chi connectivity index (χ0) is 25.3. The van der Waals surface area contributed by atoms with Crippen molar-refractivity contribution in [2.45, 2.75) is 89.6 Å². The van der Waals surface area contributed by atoms with Crippen molar-refractivity contribution < 1.29 is 19.4 Å². The smallest absolute Gasteiger partial charge is 0.412 e. The molecule has 0 saturated carbocycles. The summed E-state index contributed by atoms with van der Waals surface area (Å²) in [5.74, 6) is 2.19. The molecule has 0 unspecified atom stereocenters. The molecule has 186 valence electrons. The maximum atomic E-state index is 11.7. The number of unbranched alkanes of at least 4 members (excludes halogenated alkanes) is 1. The molecule has 1 amide bonds. The molecule has 0 aromatic heterocycles. The van der Waals surface area contributed by atoms with Crippen LogP contribution in [0.15, 0.2) is 35.2 Å². The minimum absolute atomic E-state index is 0.119. The quantitative estimate of drug-likeness (QED) is 0.310. The van der Waals surface area contributed by atoms with Gasteiger partial charge in [-0.25, -0.2) is 4.79 Å². The fourth-order valence-corrected chi connectivity index (χ4v) is 5.05. The summed E-state index contributed by atoms with van der Waals surface area (Å²) >= 11 is 1.83. The molecular weight excluding hydrogens is 446 g/mol. The van der Waals surface area contributed by atoms with Gasteiger partial charge in [0, 0.05) is 21.6 Å². The topological polar surface area (TPSA) is 67.8 Å². The minimum atomic E-state index is -0.685. The van der Waals surface area contributed by atoms with E-state index in [0.717, 1.165) is 46.7 Å². The number of cyclic esters (lactones) is 1. The molecule has 6 heteroatoms. The Hall–Kier alpha value is -2.34. The summed E-state index contributed by atoms with van der Waals surface area (Å²) in [6.07, 6.45) is 1.54. The molecule has 34 heavy (non-hydrogen) atoms. The highest BCUT2D eigenvalue weighted by molar-refractivity contribution is 7.99. The molecule has 0 aliphatic carbocycles. The predicted molar refractivity (Wildman–Crippen MR) is 141 cm³/mol. The Kier molecular flexibility index (Phi) is 7.51. The standard InChI is InChI=1S/C28H39NO4S/c1-26(2,3)21-16-19(17-22(24(21)30)27(4,5)6)34-14-10-9-13-32-18-11-12-23-20(15-18)28(7,8)33-25(31)29-23/h11-12,15-17,30H,9-10,13-14H2,1-8H3,(H,29,31). The molecule has 0 atom stereocenters. The van der Waals surface area contributed by atoms with E-state index in [0.29, 0.717) is 12.4 Å². The number of hydrogen-bond acceptors (Lipinski definition) is 5. The van der Waals surface area contributed by atoms with Crippen LogP contribution in [0.25, 0.3) is 0 Å². The van der Waals surface area contributed by atoms with Crippen LogP contribution in [0.4, 0.5) is 10.5 Å². The van der Waals surface area contributed by atoms with Gasteiger partial charge in [-0.2, -0.15) is 0 Å². The third-order valence-corrected chi connectivity index (χ3v) is 7.06. The van der Waals surface area contributed by atoms with Crippen molar-refractivity contribution in [2.24, 2.45) is 0 Å². The number of carbonyl (C=O) groups excluding carboxylic acids is 1.